The van der Waals surface area contributed by atoms with E-state index in [1.165, 1.54) is 31.4 Å². The summed E-state index contributed by atoms with van der Waals surface area (Å²) < 4.78 is 102. The van der Waals surface area contributed by atoms with Gasteiger partial charge in [-0.25, -0.2) is 0 Å². The molecule has 4 aliphatic heterocycles. The zero-order valence-electron chi connectivity index (χ0n) is 53.2. The minimum Gasteiger partial charge on any atom is -0.442 e. The van der Waals surface area contributed by atoms with Gasteiger partial charge in [0.05, 0.1) is 0 Å². The third-order valence-corrected chi connectivity index (χ3v) is 67.5. The van der Waals surface area contributed by atoms with Crippen LogP contribution in [-0.2, 0) is 63.0 Å². The normalized spacial score (nSPS) is 31.5. The largest absolute Gasteiger partial charge is 0.636 e. The van der Waals surface area contributed by atoms with Crippen molar-refractivity contribution in [2.75, 3.05) is 0 Å². The molecule has 0 N–H and O–H groups in total. The van der Waals surface area contributed by atoms with Gasteiger partial charge in [0.25, 0.3) is 18.6 Å². The SMILES string of the molecule is CC1C[SiH](C)OC(C)C[Si](CC[Si](C)(C)O[Si](O[Si]CCCCCC[Si]2O[SiH](C)CC(C)O[SiH](C)O2)(O[Si](C)(C)CCCCCC[Si]2OC(C)C[SiH](C)O[SiH](C)O2)O[Si](C)(C)CCCCCC[Si]2O[SiH](C)C[SiH](C)O[SiH](C)O2)O1. The summed E-state index contributed by atoms with van der Waals surface area (Å²) in [6, 6.07) is 12.5. The monoisotopic (exact) mass is 1400 g/mol. The highest BCUT2D eigenvalue weighted by Gasteiger charge is 2.56. The van der Waals surface area contributed by atoms with Crippen LogP contribution in [0.4, 0.5) is 0 Å². The molecule has 0 aromatic carbocycles. The molecule has 4 saturated heterocycles. The molecule has 15 nitrogen and oxygen atoms in total. The highest BCUT2D eigenvalue weighted by Crippen LogP contribution is 2.34. The lowest BCUT2D eigenvalue weighted by Gasteiger charge is -2.43. The van der Waals surface area contributed by atoms with E-state index in [9.17, 15) is 0 Å². The second-order valence-corrected chi connectivity index (χ2v) is 71.3. The summed E-state index contributed by atoms with van der Waals surface area (Å²) in [4.78, 5) is 0. The second kappa shape index (κ2) is 38.6. The van der Waals surface area contributed by atoms with Crippen LogP contribution >= 0.6 is 0 Å². The first-order chi connectivity index (χ1) is 37.2. The highest BCUT2D eigenvalue weighted by molar-refractivity contribution is 6.90. The predicted molar refractivity (Wildman–Crippen MR) is 363 cm³/mol. The number of hydrogen-bond donors (Lipinski definition) is 0. The van der Waals surface area contributed by atoms with Crippen LogP contribution in [0.5, 0.6) is 0 Å². The standard InChI is InChI=1S/C47H116O15Si17/c1-44-40-66(7)55-74(57-69(10)49-44)33-27-20-19-25-31-63-52-79(62-78(17,18)38-35-72-42-47(4)48-64(5)39-45(2)50-72,60-76(13,14)36-29-23-21-26-32-73-51-46(3)41-65(6)53-70(11)58-73)61-77(15,16)37-30-24-22-28-34-75-56-68(9)43-67(8)54-71(12)59-75/h44-47,64-71H,19-43H2,1-18H3. The number of hydrogen-bond acceptors (Lipinski definition) is 15. The molecule has 32 heteroatoms. The van der Waals surface area contributed by atoms with Crippen LogP contribution in [-0.4, -0.2) is 178 Å². The number of rotatable bonds is 32. The molecule has 0 bridgehead atoms. The fourth-order valence-corrected chi connectivity index (χ4v) is 67.1. The van der Waals surface area contributed by atoms with E-state index in [0.717, 1.165) is 124 Å². The van der Waals surface area contributed by atoms with Gasteiger partial charge >= 0.3 is 46.2 Å². The summed E-state index contributed by atoms with van der Waals surface area (Å²) in [7, 11) is -26.3. The van der Waals surface area contributed by atoms with Gasteiger partial charge in [-0.2, -0.15) is 0 Å². The molecule has 4 fully saturated rings. The highest BCUT2D eigenvalue weighted by atomic mass is 28.5. The molecule has 4 aliphatic rings. The first-order valence-electron chi connectivity index (χ1n) is 31.4. The van der Waals surface area contributed by atoms with Crippen LogP contribution in [0.3, 0.4) is 0 Å². The molecule has 79 heavy (non-hydrogen) atoms. The Balaban J connectivity index is 1.46. The molecule has 0 aliphatic carbocycles. The van der Waals surface area contributed by atoms with E-state index in [0.29, 0.717) is 0 Å². The van der Waals surface area contributed by atoms with Crippen molar-refractivity contribution >= 4 is 154 Å². The summed E-state index contributed by atoms with van der Waals surface area (Å²) in [6.07, 6.45) is 14.8. The molecular weight excluding hydrogens is 1280 g/mol. The topological polar surface area (TPSA) is 138 Å². The molecular formula is C47H116O15Si17. The van der Waals surface area contributed by atoms with E-state index in [4.69, 9.17) is 63.0 Å². The van der Waals surface area contributed by atoms with Crippen molar-refractivity contribution in [2.45, 2.75) is 299 Å². The Morgan fingerprint density at radius 2 is 0.899 bits per heavy atom. The van der Waals surface area contributed by atoms with Crippen LogP contribution in [0.2, 0.25) is 170 Å². The quantitative estimate of drug-likeness (QED) is 0.0466. The lowest BCUT2D eigenvalue weighted by atomic mass is 10.2. The van der Waals surface area contributed by atoms with Gasteiger partial charge in [0, 0.05) is 24.4 Å². The van der Waals surface area contributed by atoms with Gasteiger partial charge in [0.1, 0.15) is 0 Å². The summed E-state index contributed by atoms with van der Waals surface area (Å²) in [5.74, 6) is 0. The Kier molecular flexibility index (Phi) is 36.4. The lowest BCUT2D eigenvalue weighted by molar-refractivity contribution is 0.151. The van der Waals surface area contributed by atoms with E-state index in [-0.39, 0.29) is 34.2 Å². The van der Waals surface area contributed by atoms with Crippen molar-refractivity contribution in [1.29, 1.82) is 0 Å². The van der Waals surface area contributed by atoms with Crippen molar-refractivity contribution in [1.82, 2.24) is 0 Å². The summed E-state index contributed by atoms with van der Waals surface area (Å²) >= 11 is 0. The van der Waals surface area contributed by atoms with Gasteiger partial charge < -0.3 is 63.0 Å². The zero-order chi connectivity index (χ0) is 58.2. The molecule has 13 unspecified atom stereocenters. The van der Waals surface area contributed by atoms with Crippen LogP contribution < -0.4 is 0 Å². The van der Waals surface area contributed by atoms with Crippen LogP contribution in [0, 0.1) is 0 Å². The van der Waals surface area contributed by atoms with E-state index in [2.05, 4.69) is 119 Å². The minimum absolute atomic E-state index is 0.241. The molecule has 4 heterocycles. The van der Waals surface area contributed by atoms with Crippen LogP contribution in [0.1, 0.15) is 105 Å². The van der Waals surface area contributed by atoms with Gasteiger partial charge in [0.2, 0.25) is 18.8 Å². The van der Waals surface area contributed by atoms with E-state index in [1.54, 1.807) is 0 Å². The lowest BCUT2D eigenvalue weighted by Crippen LogP contribution is -2.64. The molecule has 0 aromatic rings. The second-order valence-electron chi connectivity index (χ2n) is 25.7. The van der Waals surface area contributed by atoms with Gasteiger partial charge in [-0.05, 0) is 198 Å². The molecule has 4 rings (SSSR count). The Morgan fingerprint density at radius 3 is 1.51 bits per heavy atom. The van der Waals surface area contributed by atoms with Gasteiger partial charge in [-0.3, -0.25) is 0 Å². The smallest absolute Gasteiger partial charge is 0.442 e. The van der Waals surface area contributed by atoms with Crippen molar-refractivity contribution in [3.05, 3.63) is 0 Å². The van der Waals surface area contributed by atoms with Crippen molar-refractivity contribution < 1.29 is 63.0 Å². The maximum atomic E-state index is 7.72. The summed E-state index contributed by atoms with van der Waals surface area (Å²) in [5.41, 5.74) is 1.22. The average Bonchev–Trinajstić information content (AvgIpc) is 3.30. The third kappa shape index (κ3) is 33.5. The maximum Gasteiger partial charge on any atom is 0.636 e. The van der Waals surface area contributed by atoms with Crippen LogP contribution in [0.25, 0.3) is 0 Å². The van der Waals surface area contributed by atoms with Crippen molar-refractivity contribution in [3.63, 3.8) is 0 Å². The van der Waals surface area contributed by atoms with Gasteiger partial charge in [-0.1, -0.05) is 77.0 Å². The van der Waals surface area contributed by atoms with E-state index >= 15 is 0 Å². The predicted octanol–water partition coefficient (Wildman–Crippen LogP) is 10.9. The van der Waals surface area contributed by atoms with Crippen molar-refractivity contribution in [2.24, 2.45) is 0 Å². The van der Waals surface area contributed by atoms with Gasteiger partial charge in [-0.15, -0.1) is 0 Å². The summed E-state index contributed by atoms with van der Waals surface area (Å²) in [6.45, 7) is 41.4. The van der Waals surface area contributed by atoms with E-state index < -0.39 is 144 Å². The van der Waals surface area contributed by atoms with Gasteiger partial charge in [0.15, 0.2) is 70.2 Å². The Hall–Kier alpha value is 3.09. The molecule has 0 spiro atoms. The Morgan fingerprint density at radius 1 is 0.430 bits per heavy atom. The third-order valence-electron chi connectivity index (χ3n) is 14.8. The molecule has 462 valence electrons. The molecule has 0 aromatic heterocycles. The number of unbranched alkanes of at least 4 members (excludes halogenated alkanes) is 9. The first kappa shape index (κ1) is 74.6. The zero-order valence-corrected chi connectivity index (χ0v) is 71.5. The minimum atomic E-state index is -3.67. The molecule has 6 radical (unpaired) electrons. The van der Waals surface area contributed by atoms with Crippen molar-refractivity contribution in [3.8, 4) is 0 Å². The van der Waals surface area contributed by atoms with E-state index in [1.807, 2.05) is 0 Å². The maximum absolute atomic E-state index is 7.72. The van der Waals surface area contributed by atoms with Crippen LogP contribution in [0.15, 0.2) is 0 Å². The molecule has 13 atom stereocenters. The fraction of sp³-hybridized carbons (Fsp3) is 1.00. The average molecular weight is 1400 g/mol. The fourth-order valence-electron chi connectivity index (χ4n) is 11.3. The molecule has 0 saturated carbocycles. The molecule has 0 amide bonds. The summed E-state index contributed by atoms with van der Waals surface area (Å²) in [5, 5.41) is 0. The first-order valence-corrected chi connectivity index (χ1v) is 68.4. The Labute approximate surface area is 511 Å². The Bertz CT molecular complexity index is 1520.